The number of halogens is 1. The average Bonchev–Trinajstić information content (AvgIpc) is 2.52. The number of carbonyl (C=O) groups is 1. The van der Waals surface area contributed by atoms with Crippen molar-refractivity contribution in [2.24, 2.45) is 0 Å². The third-order valence-electron chi connectivity index (χ3n) is 2.22. The van der Waals surface area contributed by atoms with Crippen molar-refractivity contribution in [3.8, 4) is 0 Å². The van der Waals surface area contributed by atoms with Crippen LogP contribution in [0.4, 0.5) is 4.79 Å². The highest BCUT2D eigenvalue weighted by Gasteiger charge is 2.23. The van der Waals surface area contributed by atoms with Gasteiger partial charge in [0.05, 0.1) is 15.9 Å². The summed E-state index contributed by atoms with van der Waals surface area (Å²) in [6.07, 6.45) is 1.09. The first-order valence-electron chi connectivity index (χ1n) is 5.79. The number of rotatable bonds is 2. The van der Waals surface area contributed by atoms with Gasteiger partial charge >= 0.3 is 6.09 Å². The maximum Gasteiger partial charge on any atom is 0.435 e. The van der Waals surface area contributed by atoms with Crippen molar-refractivity contribution in [3.63, 3.8) is 0 Å². The lowest BCUT2D eigenvalue weighted by Gasteiger charge is -2.19. The summed E-state index contributed by atoms with van der Waals surface area (Å²) >= 11 is 3.48. The van der Waals surface area contributed by atoms with Crippen LogP contribution in [0.2, 0.25) is 0 Å². The molecular formula is C12H19BrN2O2. The second kappa shape index (κ2) is 5.21. The molecular weight excluding hydrogens is 284 g/mol. The van der Waals surface area contributed by atoms with Crippen LogP contribution in [0.1, 0.15) is 46.0 Å². The standard InChI is InChI=1S/C12H19BrN2O2/c1-6-8-10(13)9(7-2)15(14-8)11(16)17-12(3,4)5/h6-7H2,1-5H3. The molecule has 0 N–H and O–H groups in total. The highest BCUT2D eigenvalue weighted by molar-refractivity contribution is 9.10. The summed E-state index contributed by atoms with van der Waals surface area (Å²) in [6, 6.07) is 0. The normalized spacial score (nSPS) is 11.6. The predicted octanol–water partition coefficient (Wildman–Crippen LogP) is 3.55. The van der Waals surface area contributed by atoms with E-state index < -0.39 is 11.7 Å². The van der Waals surface area contributed by atoms with E-state index in [0.29, 0.717) is 0 Å². The van der Waals surface area contributed by atoms with Crippen LogP contribution in [0.5, 0.6) is 0 Å². The van der Waals surface area contributed by atoms with Crippen molar-refractivity contribution in [2.45, 2.75) is 53.1 Å². The number of nitrogens with zero attached hydrogens (tertiary/aromatic N) is 2. The summed E-state index contributed by atoms with van der Waals surface area (Å²) in [5, 5.41) is 4.28. The second-order valence-electron chi connectivity index (χ2n) is 4.81. The second-order valence-corrected chi connectivity index (χ2v) is 5.60. The predicted molar refractivity (Wildman–Crippen MR) is 70.3 cm³/mol. The van der Waals surface area contributed by atoms with E-state index in [1.165, 1.54) is 4.68 Å². The zero-order valence-electron chi connectivity index (χ0n) is 11.0. The van der Waals surface area contributed by atoms with Gasteiger partial charge in [-0.2, -0.15) is 9.78 Å². The topological polar surface area (TPSA) is 44.1 Å². The van der Waals surface area contributed by atoms with Gasteiger partial charge in [-0.25, -0.2) is 4.79 Å². The molecule has 0 unspecified atom stereocenters. The molecule has 0 spiro atoms. The third-order valence-corrected chi connectivity index (χ3v) is 3.13. The Hall–Kier alpha value is -0.840. The van der Waals surface area contributed by atoms with Crippen LogP contribution in [0.3, 0.4) is 0 Å². The van der Waals surface area contributed by atoms with Crippen molar-refractivity contribution in [1.82, 2.24) is 9.78 Å². The van der Waals surface area contributed by atoms with Gasteiger partial charge in [-0.3, -0.25) is 0 Å². The molecule has 0 radical (unpaired) electrons. The first-order valence-corrected chi connectivity index (χ1v) is 6.59. The molecule has 1 aromatic heterocycles. The third kappa shape index (κ3) is 3.31. The fourth-order valence-electron chi connectivity index (χ4n) is 1.47. The maximum atomic E-state index is 12.0. The summed E-state index contributed by atoms with van der Waals surface area (Å²) in [5.74, 6) is 0. The number of aryl methyl sites for hydroxylation is 1. The number of aromatic nitrogens is 2. The van der Waals surface area contributed by atoms with Crippen LogP contribution in [0, 0.1) is 0 Å². The van der Waals surface area contributed by atoms with Crippen LogP contribution >= 0.6 is 15.9 Å². The molecule has 0 bridgehead atoms. The van der Waals surface area contributed by atoms with Gasteiger partial charge in [-0.15, -0.1) is 0 Å². The number of ether oxygens (including phenoxy) is 1. The largest absolute Gasteiger partial charge is 0.442 e. The van der Waals surface area contributed by atoms with E-state index in [2.05, 4.69) is 21.0 Å². The Morgan fingerprint density at radius 1 is 1.35 bits per heavy atom. The molecule has 4 nitrogen and oxygen atoms in total. The van der Waals surface area contributed by atoms with E-state index in [0.717, 1.165) is 28.7 Å². The van der Waals surface area contributed by atoms with Gasteiger partial charge in [-0.05, 0) is 49.5 Å². The fourth-order valence-corrected chi connectivity index (χ4v) is 2.28. The van der Waals surface area contributed by atoms with Crippen molar-refractivity contribution in [2.75, 3.05) is 0 Å². The molecule has 0 amide bonds. The molecule has 0 saturated heterocycles. The highest BCUT2D eigenvalue weighted by atomic mass is 79.9. The summed E-state index contributed by atoms with van der Waals surface area (Å²) in [5.41, 5.74) is 1.23. The van der Waals surface area contributed by atoms with E-state index in [-0.39, 0.29) is 0 Å². The maximum absolute atomic E-state index is 12.0. The molecule has 1 heterocycles. The van der Waals surface area contributed by atoms with Crippen molar-refractivity contribution < 1.29 is 9.53 Å². The van der Waals surface area contributed by atoms with Crippen molar-refractivity contribution in [3.05, 3.63) is 15.9 Å². The number of hydrogen-bond donors (Lipinski definition) is 0. The molecule has 17 heavy (non-hydrogen) atoms. The Balaban J connectivity index is 3.09. The zero-order chi connectivity index (χ0) is 13.2. The monoisotopic (exact) mass is 302 g/mol. The quantitative estimate of drug-likeness (QED) is 0.839. The minimum absolute atomic E-state index is 0.422. The summed E-state index contributed by atoms with van der Waals surface area (Å²) < 4.78 is 7.59. The van der Waals surface area contributed by atoms with Crippen LogP contribution in [0.25, 0.3) is 0 Å². The first-order chi connectivity index (χ1) is 7.80. The van der Waals surface area contributed by atoms with Crippen LogP contribution in [-0.2, 0) is 17.6 Å². The van der Waals surface area contributed by atoms with Gasteiger partial charge in [0.15, 0.2) is 0 Å². The molecule has 0 fully saturated rings. The smallest absolute Gasteiger partial charge is 0.435 e. The molecule has 0 saturated carbocycles. The molecule has 0 aliphatic carbocycles. The van der Waals surface area contributed by atoms with Crippen molar-refractivity contribution in [1.29, 1.82) is 0 Å². The summed E-state index contributed by atoms with van der Waals surface area (Å²) in [7, 11) is 0. The Labute approximate surface area is 110 Å². The lowest BCUT2D eigenvalue weighted by atomic mass is 10.2. The van der Waals surface area contributed by atoms with Gasteiger partial charge in [-0.1, -0.05) is 13.8 Å². The highest BCUT2D eigenvalue weighted by Crippen LogP contribution is 2.23. The van der Waals surface area contributed by atoms with E-state index in [1.54, 1.807) is 0 Å². The summed E-state index contributed by atoms with van der Waals surface area (Å²) in [4.78, 5) is 12.0. The van der Waals surface area contributed by atoms with Gasteiger partial charge < -0.3 is 4.74 Å². The van der Waals surface area contributed by atoms with E-state index >= 15 is 0 Å². The van der Waals surface area contributed by atoms with Gasteiger partial charge in [0.1, 0.15) is 5.60 Å². The van der Waals surface area contributed by atoms with Crippen LogP contribution in [0.15, 0.2) is 4.47 Å². The molecule has 1 rings (SSSR count). The lowest BCUT2D eigenvalue weighted by molar-refractivity contribution is 0.0509. The van der Waals surface area contributed by atoms with E-state index in [4.69, 9.17) is 4.74 Å². The van der Waals surface area contributed by atoms with E-state index in [1.807, 2.05) is 34.6 Å². The molecule has 0 aromatic carbocycles. The SMILES string of the molecule is CCc1nn(C(=O)OC(C)(C)C)c(CC)c1Br. The van der Waals surface area contributed by atoms with Crippen molar-refractivity contribution >= 4 is 22.0 Å². The van der Waals surface area contributed by atoms with Crippen LogP contribution < -0.4 is 0 Å². The fraction of sp³-hybridized carbons (Fsp3) is 0.667. The Morgan fingerprint density at radius 2 is 1.94 bits per heavy atom. The van der Waals surface area contributed by atoms with Crippen LogP contribution in [-0.4, -0.2) is 21.5 Å². The van der Waals surface area contributed by atoms with Gasteiger partial charge in [0, 0.05) is 0 Å². The molecule has 0 aliphatic heterocycles. The Bertz CT molecular complexity index is 419. The van der Waals surface area contributed by atoms with E-state index in [9.17, 15) is 4.79 Å². The number of carbonyl (C=O) groups excluding carboxylic acids is 1. The lowest BCUT2D eigenvalue weighted by Crippen LogP contribution is -2.28. The minimum atomic E-state index is -0.507. The molecule has 96 valence electrons. The average molecular weight is 303 g/mol. The molecule has 1 aromatic rings. The Kier molecular flexibility index (Phi) is 4.36. The molecule has 0 atom stereocenters. The zero-order valence-corrected chi connectivity index (χ0v) is 12.6. The minimum Gasteiger partial charge on any atom is -0.442 e. The van der Waals surface area contributed by atoms with Gasteiger partial charge in [0.25, 0.3) is 0 Å². The number of hydrogen-bond acceptors (Lipinski definition) is 3. The molecule has 0 aliphatic rings. The first kappa shape index (κ1) is 14.2. The molecule has 5 heteroatoms. The van der Waals surface area contributed by atoms with Gasteiger partial charge in [0.2, 0.25) is 0 Å². The summed E-state index contributed by atoms with van der Waals surface area (Å²) in [6.45, 7) is 9.52. The Morgan fingerprint density at radius 3 is 2.35 bits per heavy atom.